The van der Waals surface area contributed by atoms with Gasteiger partial charge in [0.2, 0.25) is 5.96 Å². The summed E-state index contributed by atoms with van der Waals surface area (Å²) in [7, 11) is 3.79. The van der Waals surface area contributed by atoms with Crippen molar-refractivity contribution >= 4 is 29.7 Å². The highest BCUT2D eigenvalue weighted by molar-refractivity contribution is 5.99. The summed E-state index contributed by atoms with van der Waals surface area (Å²) < 4.78 is 56.2. The van der Waals surface area contributed by atoms with Gasteiger partial charge in [0.25, 0.3) is 0 Å². The number of guanidine groups is 1. The van der Waals surface area contributed by atoms with Crippen LogP contribution in [-0.4, -0.2) is 63.0 Å². The van der Waals surface area contributed by atoms with E-state index in [0.717, 1.165) is 6.42 Å². The molecule has 10 heteroatoms. The van der Waals surface area contributed by atoms with Gasteiger partial charge in [-0.3, -0.25) is 0 Å². The lowest BCUT2D eigenvalue weighted by molar-refractivity contribution is 0.0959. The van der Waals surface area contributed by atoms with Crippen LogP contribution in [0.1, 0.15) is 46.6 Å². The Morgan fingerprint density at radius 2 is 1.95 bits per heavy atom. The first kappa shape index (κ1) is 30.0. The van der Waals surface area contributed by atoms with Crippen molar-refractivity contribution in [2.24, 2.45) is 9.98 Å². The van der Waals surface area contributed by atoms with Gasteiger partial charge in [0, 0.05) is 29.9 Å². The molecule has 0 saturated heterocycles. The van der Waals surface area contributed by atoms with Crippen LogP contribution < -0.4 is 19.7 Å². The van der Waals surface area contributed by atoms with Crippen molar-refractivity contribution in [2.45, 2.75) is 52.7 Å². The molecule has 0 fully saturated rings. The number of allylic oxidation sites excluding steroid dienone is 1. The Balaban J connectivity index is 1.94. The molecule has 0 saturated carbocycles. The Morgan fingerprint density at radius 1 is 1.23 bits per heavy atom. The summed E-state index contributed by atoms with van der Waals surface area (Å²) in [6, 6.07) is 7.25. The molecule has 1 heterocycles. The van der Waals surface area contributed by atoms with Crippen molar-refractivity contribution in [3.05, 3.63) is 53.4 Å². The molecule has 1 N–H and O–H groups in total. The van der Waals surface area contributed by atoms with E-state index in [1.165, 1.54) is 25.1 Å². The van der Waals surface area contributed by atoms with Gasteiger partial charge in [0.05, 0.1) is 12.2 Å². The Morgan fingerprint density at radius 3 is 2.54 bits per heavy atom. The van der Waals surface area contributed by atoms with E-state index in [2.05, 4.69) is 26.9 Å². The maximum Gasteiger partial charge on any atom is 0.227 e. The lowest BCUT2D eigenvalue weighted by Crippen LogP contribution is -2.50. The van der Waals surface area contributed by atoms with Gasteiger partial charge in [0.1, 0.15) is 23.7 Å². The topological polar surface area (TPSA) is 61.7 Å². The van der Waals surface area contributed by atoms with Gasteiger partial charge >= 0.3 is 0 Å². The molecule has 3 rings (SSSR count). The van der Waals surface area contributed by atoms with Crippen LogP contribution in [0.15, 0.2) is 46.1 Å². The number of rotatable bonds is 9. The summed E-state index contributed by atoms with van der Waals surface area (Å²) in [6.45, 7) is 14.1. The third-order valence-electron chi connectivity index (χ3n) is 6.34. The van der Waals surface area contributed by atoms with Crippen LogP contribution in [0.2, 0.25) is 0 Å². The number of nitrogens with zero attached hydrogens (tertiary/aromatic N) is 4. The highest BCUT2D eigenvalue weighted by Gasteiger charge is 2.36. The standard InChI is InChI=1S/C29H38F3N5O2/c1-9-18(2)37-17-29(4,5)39-27-23(32)14-20(15-24(27)37)26(19(3)30)35-28(33-6)34-21-10-11-25(22(31)16-21)38-13-12-36(7)8/h10-11,14-16,18H,6,9,12-13,17H2,1-5,7-8H3,(H,34,35)/b26-19+. The van der Waals surface area contributed by atoms with Crippen LogP contribution in [0.5, 0.6) is 11.5 Å². The zero-order valence-corrected chi connectivity index (χ0v) is 23.7. The molecule has 1 unspecified atom stereocenters. The van der Waals surface area contributed by atoms with Crippen molar-refractivity contribution in [3.8, 4) is 11.5 Å². The number of aliphatic imine (C=N–C) groups is 2. The van der Waals surface area contributed by atoms with E-state index in [4.69, 9.17) is 9.47 Å². The molecule has 1 atom stereocenters. The molecular weight excluding hydrogens is 507 g/mol. The van der Waals surface area contributed by atoms with Crippen LogP contribution in [-0.2, 0) is 0 Å². The summed E-state index contributed by atoms with van der Waals surface area (Å²) >= 11 is 0. The Kier molecular flexibility index (Phi) is 9.66. The van der Waals surface area contributed by atoms with Gasteiger partial charge in [-0.15, -0.1) is 0 Å². The maximum atomic E-state index is 15.4. The molecule has 0 bridgehead atoms. The number of hydrogen-bond donors (Lipinski definition) is 1. The fourth-order valence-electron chi connectivity index (χ4n) is 4.16. The number of hydrogen-bond acceptors (Lipinski definition) is 5. The number of nitrogens with one attached hydrogen (secondary N) is 1. The van der Waals surface area contributed by atoms with Gasteiger partial charge in [-0.2, -0.15) is 0 Å². The predicted octanol–water partition coefficient (Wildman–Crippen LogP) is 6.51. The number of halogens is 3. The molecule has 0 spiro atoms. The highest BCUT2D eigenvalue weighted by Crippen LogP contribution is 2.43. The number of ether oxygens (including phenoxy) is 2. The average molecular weight is 546 g/mol. The van der Waals surface area contributed by atoms with Crippen molar-refractivity contribution in [3.63, 3.8) is 0 Å². The van der Waals surface area contributed by atoms with E-state index in [1.807, 2.05) is 46.7 Å². The summed E-state index contributed by atoms with van der Waals surface area (Å²) in [5, 5.41) is 2.84. The van der Waals surface area contributed by atoms with Gasteiger partial charge < -0.3 is 24.6 Å². The van der Waals surface area contributed by atoms with Crippen LogP contribution in [0.3, 0.4) is 0 Å². The first-order chi connectivity index (χ1) is 18.3. The van der Waals surface area contributed by atoms with Gasteiger partial charge in [-0.25, -0.2) is 23.2 Å². The van der Waals surface area contributed by atoms with Crippen molar-refractivity contribution in [1.82, 2.24) is 4.90 Å². The molecule has 0 amide bonds. The third kappa shape index (κ3) is 7.53. The molecule has 0 radical (unpaired) electrons. The second-order valence-electron chi connectivity index (χ2n) is 10.5. The van der Waals surface area contributed by atoms with E-state index in [1.54, 1.807) is 12.1 Å². The van der Waals surface area contributed by atoms with E-state index in [-0.39, 0.29) is 34.8 Å². The fourth-order valence-corrected chi connectivity index (χ4v) is 4.16. The molecule has 39 heavy (non-hydrogen) atoms. The molecule has 2 aromatic carbocycles. The maximum absolute atomic E-state index is 15.4. The zero-order valence-electron chi connectivity index (χ0n) is 23.7. The second-order valence-corrected chi connectivity index (χ2v) is 10.5. The van der Waals surface area contributed by atoms with Gasteiger partial charge in [-0.1, -0.05) is 6.92 Å². The molecule has 1 aliphatic heterocycles. The van der Waals surface area contributed by atoms with Gasteiger partial charge in [0.15, 0.2) is 23.1 Å². The lowest BCUT2D eigenvalue weighted by Gasteiger charge is -2.44. The van der Waals surface area contributed by atoms with Crippen LogP contribution in [0.25, 0.3) is 5.70 Å². The normalized spacial score (nSPS) is 16.3. The van der Waals surface area contributed by atoms with E-state index < -0.39 is 23.1 Å². The molecule has 7 nitrogen and oxygen atoms in total. The molecule has 1 aliphatic rings. The monoisotopic (exact) mass is 545 g/mol. The molecule has 2 aromatic rings. The third-order valence-corrected chi connectivity index (χ3v) is 6.34. The Labute approximate surface area is 229 Å². The van der Waals surface area contributed by atoms with Crippen LogP contribution in [0, 0.1) is 11.6 Å². The Bertz CT molecular complexity index is 1260. The Hall–Kier alpha value is -3.53. The van der Waals surface area contributed by atoms with Crippen molar-refractivity contribution in [1.29, 1.82) is 0 Å². The average Bonchev–Trinajstić information content (AvgIpc) is 2.86. The zero-order chi connectivity index (χ0) is 28.9. The van der Waals surface area contributed by atoms with Crippen molar-refractivity contribution in [2.75, 3.05) is 44.0 Å². The largest absolute Gasteiger partial charge is 0.489 e. The molecule has 0 aliphatic carbocycles. The smallest absolute Gasteiger partial charge is 0.227 e. The summed E-state index contributed by atoms with van der Waals surface area (Å²) in [5.74, 6) is -1.71. The van der Waals surface area contributed by atoms with E-state index in [9.17, 15) is 8.78 Å². The summed E-state index contributed by atoms with van der Waals surface area (Å²) in [5.41, 5.74) is 0.314. The number of anilines is 2. The predicted molar refractivity (Wildman–Crippen MR) is 153 cm³/mol. The van der Waals surface area contributed by atoms with Crippen LogP contribution >= 0.6 is 0 Å². The summed E-state index contributed by atoms with van der Waals surface area (Å²) in [4.78, 5) is 12.1. The number of fused-ring (bicyclic) bond motifs is 1. The highest BCUT2D eigenvalue weighted by atomic mass is 19.1. The minimum atomic E-state index is -0.653. The minimum absolute atomic E-state index is 0.0861. The fraction of sp³-hybridized carbons (Fsp3) is 0.448. The molecule has 212 valence electrons. The van der Waals surface area contributed by atoms with E-state index in [0.29, 0.717) is 31.1 Å². The number of likely N-dealkylation sites (N-methyl/N-ethyl adjacent to an activating group) is 1. The van der Waals surface area contributed by atoms with E-state index >= 15 is 4.39 Å². The molecular formula is C29H38F3N5O2. The SMILES string of the molecule is C=NC(=N/C(=C(\C)F)c1cc(F)c2c(c1)N(C(C)CC)CC(C)(C)O2)Nc1ccc(OCCN(C)C)c(F)c1. The number of benzene rings is 2. The first-order valence-corrected chi connectivity index (χ1v) is 12.9. The lowest BCUT2D eigenvalue weighted by atomic mass is 10.00. The quantitative estimate of drug-likeness (QED) is 0.288. The summed E-state index contributed by atoms with van der Waals surface area (Å²) in [6.07, 6.45) is 0.828. The second kappa shape index (κ2) is 12.5. The minimum Gasteiger partial charge on any atom is -0.489 e. The van der Waals surface area contributed by atoms with Gasteiger partial charge in [-0.05, 0) is 79.2 Å². The molecule has 0 aromatic heterocycles. The van der Waals surface area contributed by atoms with Crippen molar-refractivity contribution < 1.29 is 22.6 Å². The van der Waals surface area contributed by atoms with Crippen LogP contribution in [0.4, 0.5) is 24.5 Å². The first-order valence-electron chi connectivity index (χ1n) is 12.9.